The molecule has 0 unspecified atom stereocenters. The van der Waals surface area contributed by atoms with Crippen LogP contribution in [0.4, 0.5) is 34.1 Å². The number of piperidine rings is 1. The predicted molar refractivity (Wildman–Crippen MR) is 298 cm³/mol. The smallest absolute Gasteiger partial charge is 0.297 e. The van der Waals surface area contributed by atoms with Crippen LogP contribution in [-0.2, 0) is 19.5 Å². The summed E-state index contributed by atoms with van der Waals surface area (Å²) in [4.78, 5) is 48.5. The molecule has 21 heteroatoms. The van der Waals surface area contributed by atoms with Gasteiger partial charge >= 0.3 is 0 Å². The van der Waals surface area contributed by atoms with Crippen LogP contribution in [0.5, 0.6) is 17.4 Å². The van der Waals surface area contributed by atoms with Gasteiger partial charge in [0.15, 0.2) is 11.4 Å². The molecule has 414 valence electrons. The number of carbonyl (C=O) groups excluding carboxylic acids is 1. The number of hydrogen-bond acceptors (Lipinski definition) is 17. The minimum absolute atomic E-state index is 0.0250. The fraction of sp³-hybridized carbons (Fsp3) is 0.466. The van der Waals surface area contributed by atoms with Gasteiger partial charge in [-0.15, -0.1) is 0 Å². The number of para-hydroxylation sites is 1. The van der Waals surface area contributed by atoms with Crippen molar-refractivity contribution >= 4 is 61.1 Å². The maximum atomic E-state index is 14.9. The van der Waals surface area contributed by atoms with Crippen molar-refractivity contribution < 1.29 is 41.8 Å². The fourth-order valence-electron chi connectivity index (χ4n) is 13.4. The van der Waals surface area contributed by atoms with Crippen molar-refractivity contribution in [3.8, 4) is 17.4 Å². The number of piperazine rings is 1. The van der Waals surface area contributed by atoms with Crippen molar-refractivity contribution in [1.82, 2.24) is 24.6 Å². The van der Waals surface area contributed by atoms with E-state index in [9.17, 15) is 23.3 Å². The summed E-state index contributed by atoms with van der Waals surface area (Å²) in [6.45, 7) is 10.5. The highest BCUT2D eigenvalue weighted by molar-refractivity contribution is 7.90. The largest absolute Gasteiger partial charge is 0.491 e. The number of nitro groups is 1. The third kappa shape index (κ3) is 9.81. The molecule has 1 aliphatic carbocycles. The molecular formula is C58H66N10O10S. The highest BCUT2D eigenvalue weighted by Gasteiger charge is 2.51. The van der Waals surface area contributed by atoms with Crippen molar-refractivity contribution in [1.29, 1.82) is 0 Å². The molecule has 9 heterocycles. The number of rotatable bonds is 12. The number of nitrogens with zero attached hydrogens (tertiary/aromatic N) is 7. The van der Waals surface area contributed by atoms with E-state index in [1.165, 1.54) is 11.6 Å². The van der Waals surface area contributed by atoms with E-state index >= 15 is 0 Å². The third-order valence-electron chi connectivity index (χ3n) is 17.5. The van der Waals surface area contributed by atoms with E-state index in [1.807, 2.05) is 48.9 Å². The van der Waals surface area contributed by atoms with Crippen molar-refractivity contribution in [3.05, 3.63) is 119 Å². The van der Waals surface area contributed by atoms with Gasteiger partial charge in [-0.05, 0) is 119 Å². The lowest BCUT2D eigenvalue weighted by Gasteiger charge is -2.58. The molecular weight excluding hydrogens is 1030 g/mol. The summed E-state index contributed by atoms with van der Waals surface area (Å²) in [5.41, 5.74) is 4.91. The molecule has 13 rings (SSSR count). The summed E-state index contributed by atoms with van der Waals surface area (Å²) in [6, 6.07) is 24.4. The van der Waals surface area contributed by atoms with Crippen LogP contribution in [0, 0.1) is 21.4 Å². The van der Waals surface area contributed by atoms with Gasteiger partial charge in [-0.1, -0.05) is 18.2 Å². The molecule has 7 aliphatic rings. The summed E-state index contributed by atoms with van der Waals surface area (Å²) in [5, 5.41) is 16.7. The first kappa shape index (κ1) is 51.3. The molecule has 0 bridgehead atoms. The number of ether oxygens (including phenoxy) is 5. The number of fused-ring (bicyclic) bond motifs is 4. The van der Waals surface area contributed by atoms with Gasteiger partial charge in [0.05, 0.1) is 63.8 Å². The second kappa shape index (κ2) is 20.8. The first-order valence-corrected chi connectivity index (χ1v) is 29.3. The number of amides is 1. The van der Waals surface area contributed by atoms with Crippen molar-refractivity contribution in [3.63, 3.8) is 0 Å². The van der Waals surface area contributed by atoms with E-state index in [-0.39, 0.29) is 59.2 Å². The standard InChI is InChI=1S/C58H66N10O10S/c1-36(2)77-51-8-4-3-7-43(51)50-33-65(40-6-5-17-59-32-40)21-22-66(50)41-30-58(31-41)15-19-64(20-16-58)39-9-10-44(47(27-39)67-46-14-25-75-35-53(46)78-57-49(67)26-38-11-18-60-55(38)62-57)56(69)63-79(72,73)42-28-48(68(70)71)54-52(29-42)76-34-45(61-54)37-12-23-74-24-13-37/h3-11,17-18,26-29,32,36-37,41,45-46,50,53,61H,12-16,19-25,30-31,33-35H2,1-2H3,(H,60,62)(H,63,69)/t45-,46-,50-,53-/m0/s1. The lowest BCUT2D eigenvalue weighted by atomic mass is 9.59. The number of pyridine rings is 2. The van der Waals surface area contributed by atoms with Crippen LogP contribution in [0.15, 0.2) is 102 Å². The van der Waals surface area contributed by atoms with Gasteiger partial charge in [0.1, 0.15) is 29.8 Å². The molecule has 5 fully saturated rings. The number of carbonyl (C=O) groups is 1. The highest BCUT2D eigenvalue weighted by atomic mass is 32.2. The van der Waals surface area contributed by atoms with Gasteiger partial charge in [-0.25, -0.2) is 13.1 Å². The van der Waals surface area contributed by atoms with Crippen LogP contribution >= 0.6 is 0 Å². The molecule has 79 heavy (non-hydrogen) atoms. The number of nitrogens with one attached hydrogen (secondary N) is 3. The van der Waals surface area contributed by atoms with E-state index in [1.54, 1.807) is 6.07 Å². The summed E-state index contributed by atoms with van der Waals surface area (Å²) in [5.74, 6) is 0.580. The van der Waals surface area contributed by atoms with E-state index in [4.69, 9.17) is 28.7 Å². The molecule has 3 aromatic carbocycles. The third-order valence-corrected chi connectivity index (χ3v) is 18.8. The Hall–Kier alpha value is -7.20. The summed E-state index contributed by atoms with van der Waals surface area (Å²) in [6.07, 6.45) is 11.5. The number of nitro benzene ring substituents is 1. The SMILES string of the molecule is CC(C)Oc1ccccc1[C@@H]1CN(c2cccnc2)CCN1C1CC2(CCN(c3ccc(C(=O)NS(=O)(=O)c4cc5c(c([N+](=O)[O-])c4)N[C@H](C4CCOCC4)CO5)c(N4c5cc6cc[nH]c6nc5O[C@H]5COCC[C@@H]54)c3)CC2)C1. The second-order valence-corrected chi connectivity index (χ2v) is 24.3. The van der Waals surface area contributed by atoms with E-state index in [0.29, 0.717) is 61.8 Å². The summed E-state index contributed by atoms with van der Waals surface area (Å²) < 4.78 is 61.7. The second-order valence-electron chi connectivity index (χ2n) is 22.6. The Morgan fingerprint density at radius 1 is 0.899 bits per heavy atom. The maximum Gasteiger partial charge on any atom is 0.297 e. The molecule has 0 radical (unpaired) electrons. The molecule has 1 saturated carbocycles. The van der Waals surface area contributed by atoms with Crippen molar-refractivity contribution in [2.24, 2.45) is 11.3 Å². The number of benzene rings is 3. The van der Waals surface area contributed by atoms with Gasteiger partial charge in [0, 0.05) is 99.7 Å². The number of anilines is 5. The van der Waals surface area contributed by atoms with Gasteiger partial charge in [0.25, 0.3) is 21.6 Å². The Balaban J connectivity index is 0.784. The topological polar surface area (TPSA) is 219 Å². The van der Waals surface area contributed by atoms with Crippen LogP contribution in [-0.4, -0.2) is 135 Å². The van der Waals surface area contributed by atoms with Crippen LogP contribution in [0.3, 0.4) is 0 Å². The van der Waals surface area contributed by atoms with E-state index in [2.05, 4.69) is 83.8 Å². The summed E-state index contributed by atoms with van der Waals surface area (Å²) in [7, 11) is -4.71. The molecule has 1 spiro atoms. The fourth-order valence-corrected chi connectivity index (χ4v) is 14.4. The molecule has 6 aromatic rings. The summed E-state index contributed by atoms with van der Waals surface area (Å²) >= 11 is 0. The molecule has 4 saturated heterocycles. The first-order valence-electron chi connectivity index (χ1n) is 27.8. The van der Waals surface area contributed by atoms with Crippen molar-refractivity contribution in [2.45, 2.75) is 100 Å². The Kier molecular flexibility index (Phi) is 13.5. The highest BCUT2D eigenvalue weighted by Crippen LogP contribution is 2.54. The van der Waals surface area contributed by atoms with Gasteiger partial charge in [-0.2, -0.15) is 4.98 Å². The zero-order valence-electron chi connectivity index (χ0n) is 44.4. The number of H-pyrrole nitrogens is 1. The molecule has 1 amide bonds. The first-order chi connectivity index (χ1) is 38.4. The Morgan fingerprint density at radius 2 is 1.72 bits per heavy atom. The molecule has 6 aliphatic heterocycles. The molecule has 3 aromatic heterocycles. The number of hydrogen-bond donors (Lipinski definition) is 3. The monoisotopic (exact) mass is 1090 g/mol. The minimum Gasteiger partial charge on any atom is -0.491 e. The Morgan fingerprint density at radius 3 is 2.52 bits per heavy atom. The van der Waals surface area contributed by atoms with E-state index in [0.717, 1.165) is 99.8 Å². The van der Waals surface area contributed by atoms with Gasteiger partial charge in [-0.3, -0.25) is 24.8 Å². The number of sulfonamides is 1. The van der Waals surface area contributed by atoms with Gasteiger partial charge in [0.2, 0.25) is 5.88 Å². The maximum absolute atomic E-state index is 14.9. The zero-order chi connectivity index (χ0) is 54.0. The zero-order valence-corrected chi connectivity index (χ0v) is 45.2. The Bertz CT molecular complexity index is 3380. The van der Waals surface area contributed by atoms with Crippen LogP contribution in [0.25, 0.3) is 11.0 Å². The van der Waals surface area contributed by atoms with Crippen LogP contribution < -0.4 is 38.9 Å². The lowest BCUT2D eigenvalue weighted by Crippen LogP contribution is -2.60. The Labute approximate surface area is 458 Å². The van der Waals surface area contributed by atoms with Crippen molar-refractivity contribution in [2.75, 3.05) is 85.8 Å². The van der Waals surface area contributed by atoms with Crippen LogP contribution in [0.2, 0.25) is 0 Å². The average molecular weight is 1100 g/mol. The normalized spacial score (nSPS) is 23.4. The molecule has 4 atom stereocenters. The predicted octanol–water partition coefficient (Wildman–Crippen LogP) is 8.37. The molecule has 3 N–H and O–H groups in total. The molecule has 20 nitrogen and oxygen atoms in total. The minimum atomic E-state index is -4.71. The quantitative estimate of drug-likeness (QED) is 0.0774. The van der Waals surface area contributed by atoms with Gasteiger partial charge < -0.3 is 48.7 Å². The average Bonchev–Trinajstić information content (AvgIpc) is 4.13. The van der Waals surface area contributed by atoms with E-state index < -0.39 is 37.5 Å². The van der Waals surface area contributed by atoms with Crippen LogP contribution in [0.1, 0.15) is 80.8 Å². The number of aromatic amines is 1. The number of aromatic nitrogens is 3. The lowest BCUT2D eigenvalue weighted by molar-refractivity contribution is -0.384.